The molecule has 0 aliphatic carbocycles. The van der Waals surface area contributed by atoms with Crippen LogP contribution in [0.2, 0.25) is 0 Å². The minimum atomic E-state index is -1.23. The van der Waals surface area contributed by atoms with Crippen LogP contribution in [0.4, 0.5) is 4.79 Å². The highest BCUT2D eigenvalue weighted by Gasteiger charge is 2.15. The van der Waals surface area contributed by atoms with E-state index in [-0.39, 0.29) is 6.54 Å². The molecule has 0 saturated heterocycles. The van der Waals surface area contributed by atoms with Gasteiger partial charge < -0.3 is 9.84 Å². The van der Waals surface area contributed by atoms with Crippen molar-refractivity contribution in [3.8, 4) is 0 Å². The molecule has 5 heteroatoms. The lowest BCUT2D eigenvalue weighted by atomic mass is 10.5. The van der Waals surface area contributed by atoms with Crippen LogP contribution in [-0.4, -0.2) is 35.8 Å². The molecule has 62 valence electrons. The molecule has 0 radical (unpaired) electrons. The molecular formula is C6H10N2O3. The maximum atomic E-state index is 10.3. The summed E-state index contributed by atoms with van der Waals surface area (Å²) < 4.78 is 4.41. The maximum absolute atomic E-state index is 10.3. The van der Waals surface area contributed by atoms with Crippen molar-refractivity contribution in [1.82, 2.24) is 4.90 Å². The van der Waals surface area contributed by atoms with Crippen molar-refractivity contribution in [3.63, 3.8) is 0 Å². The summed E-state index contributed by atoms with van der Waals surface area (Å²) in [5, 5.41) is 15.5. The smallest absolute Gasteiger partial charge is 0.415 e. The summed E-state index contributed by atoms with van der Waals surface area (Å²) in [6, 6.07) is -0.405. The molecule has 0 aliphatic heterocycles. The molecule has 0 heterocycles. The average molecular weight is 158 g/mol. The standard InChI is InChI=1S/C6H10N2O3/c1-3-4-8(6(9)10)5(7)11-2/h3,7H,1,4H2,2H3,(H,9,10). The summed E-state index contributed by atoms with van der Waals surface area (Å²) in [5.74, 6) is 0. The van der Waals surface area contributed by atoms with Crippen LogP contribution in [0.25, 0.3) is 0 Å². The fraction of sp³-hybridized carbons (Fsp3) is 0.333. The Bertz CT molecular complexity index is 179. The minimum absolute atomic E-state index is 0.0575. The monoisotopic (exact) mass is 158 g/mol. The number of methoxy groups -OCH3 is 1. The van der Waals surface area contributed by atoms with Gasteiger partial charge in [-0.15, -0.1) is 6.58 Å². The van der Waals surface area contributed by atoms with E-state index in [1.807, 2.05) is 0 Å². The predicted octanol–water partition coefficient (Wildman–Crippen LogP) is 0.734. The van der Waals surface area contributed by atoms with Crippen LogP contribution in [0.5, 0.6) is 0 Å². The molecular weight excluding hydrogens is 148 g/mol. The van der Waals surface area contributed by atoms with E-state index < -0.39 is 12.1 Å². The van der Waals surface area contributed by atoms with Crippen molar-refractivity contribution in [2.75, 3.05) is 13.7 Å². The highest BCUT2D eigenvalue weighted by atomic mass is 16.5. The van der Waals surface area contributed by atoms with E-state index in [9.17, 15) is 4.79 Å². The molecule has 0 bridgehead atoms. The van der Waals surface area contributed by atoms with Crippen molar-refractivity contribution in [3.05, 3.63) is 12.7 Å². The van der Waals surface area contributed by atoms with Crippen LogP contribution < -0.4 is 0 Å². The van der Waals surface area contributed by atoms with Crippen molar-refractivity contribution in [2.24, 2.45) is 0 Å². The van der Waals surface area contributed by atoms with Crippen LogP contribution in [0.3, 0.4) is 0 Å². The van der Waals surface area contributed by atoms with E-state index in [0.29, 0.717) is 0 Å². The molecule has 0 saturated carbocycles. The van der Waals surface area contributed by atoms with Gasteiger partial charge in [-0.1, -0.05) is 6.08 Å². The van der Waals surface area contributed by atoms with E-state index in [4.69, 9.17) is 10.5 Å². The van der Waals surface area contributed by atoms with E-state index in [1.165, 1.54) is 13.2 Å². The molecule has 0 rings (SSSR count). The Balaban J connectivity index is 4.20. The van der Waals surface area contributed by atoms with E-state index in [0.717, 1.165) is 4.90 Å². The zero-order valence-corrected chi connectivity index (χ0v) is 6.20. The van der Waals surface area contributed by atoms with Gasteiger partial charge in [0.2, 0.25) is 0 Å². The van der Waals surface area contributed by atoms with Crippen molar-refractivity contribution in [1.29, 1.82) is 5.41 Å². The molecule has 0 spiro atoms. The third-order valence-electron chi connectivity index (χ3n) is 0.981. The molecule has 0 aromatic rings. The highest BCUT2D eigenvalue weighted by molar-refractivity contribution is 5.88. The number of rotatable bonds is 2. The van der Waals surface area contributed by atoms with Gasteiger partial charge in [-0.05, 0) is 0 Å². The summed E-state index contributed by atoms with van der Waals surface area (Å²) in [5.41, 5.74) is 0. The zero-order valence-electron chi connectivity index (χ0n) is 6.20. The average Bonchev–Trinajstić information content (AvgIpc) is 1.98. The predicted molar refractivity (Wildman–Crippen MR) is 39.7 cm³/mol. The summed E-state index contributed by atoms with van der Waals surface area (Å²) in [6.45, 7) is 3.40. The fourth-order valence-corrected chi connectivity index (χ4v) is 0.487. The zero-order chi connectivity index (χ0) is 8.85. The first-order valence-electron chi connectivity index (χ1n) is 2.87. The van der Waals surface area contributed by atoms with Gasteiger partial charge >= 0.3 is 6.09 Å². The molecule has 2 N–H and O–H groups in total. The van der Waals surface area contributed by atoms with Crippen molar-refractivity contribution < 1.29 is 14.6 Å². The topological polar surface area (TPSA) is 73.6 Å². The quantitative estimate of drug-likeness (QED) is 0.353. The maximum Gasteiger partial charge on any atom is 0.415 e. The number of amides is 1. The summed E-state index contributed by atoms with van der Waals surface area (Å²) in [7, 11) is 1.24. The lowest BCUT2D eigenvalue weighted by molar-refractivity contribution is 0.162. The molecule has 0 aliphatic rings. The Kier molecular flexibility index (Phi) is 3.72. The van der Waals surface area contributed by atoms with Crippen LogP contribution in [0.15, 0.2) is 12.7 Å². The molecule has 5 nitrogen and oxygen atoms in total. The lowest BCUT2D eigenvalue weighted by Crippen LogP contribution is -2.36. The number of hydrogen-bond donors (Lipinski definition) is 2. The Labute approximate surface area is 64.4 Å². The van der Waals surface area contributed by atoms with Crippen molar-refractivity contribution in [2.45, 2.75) is 0 Å². The first kappa shape index (κ1) is 9.48. The molecule has 0 unspecified atom stereocenters. The number of carboxylic acid groups (broad SMARTS) is 1. The molecule has 0 atom stereocenters. The number of amidine groups is 1. The van der Waals surface area contributed by atoms with Gasteiger partial charge in [-0.25, -0.2) is 9.69 Å². The van der Waals surface area contributed by atoms with Crippen molar-refractivity contribution >= 4 is 12.1 Å². The Morgan fingerprint density at radius 2 is 2.45 bits per heavy atom. The molecule has 0 aromatic heterocycles. The fourth-order valence-electron chi connectivity index (χ4n) is 0.487. The van der Waals surface area contributed by atoms with Gasteiger partial charge in [0.1, 0.15) is 0 Å². The first-order chi connectivity index (χ1) is 5.13. The molecule has 0 aromatic carbocycles. The molecule has 11 heavy (non-hydrogen) atoms. The Morgan fingerprint density at radius 1 is 1.91 bits per heavy atom. The van der Waals surface area contributed by atoms with Crippen LogP contribution in [-0.2, 0) is 4.74 Å². The van der Waals surface area contributed by atoms with Gasteiger partial charge in [0.05, 0.1) is 13.7 Å². The van der Waals surface area contributed by atoms with Crippen LogP contribution in [0.1, 0.15) is 0 Å². The van der Waals surface area contributed by atoms with Crippen LogP contribution >= 0.6 is 0 Å². The largest absolute Gasteiger partial charge is 0.468 e. The van der Waals surface area contributed by atoms with E-state index >= 15 is 0 Å². The number of ether oxygens (including phenoxy) is 1. The van der Waals surface area contributed by atoms with Gasteiger partial charge in [0.15, 0.2) is 0 Å². The highest BCUT2D eigenvalue weighted by Crippen LogP contribution is 1.91. The number of nitrogens with one attached hydrogen (secondary N) is 1. The first-order valence-corrected chi connectivity index (χ1v) is 2.87. The second-order valence-corrected chi connectivity index (χ2v) is 1.69. The Hall–Kier alpha value is -1.52. The lowest BCUT2D eigenvalue weighted by Gasteiger charge is -2.15. The van der Waals surface area contributed by atoms with Crippen LogP contribution in [0, 0.1) is 5.41 Å². The van der Waals surface area contributed by atoms with E-state index in [2.05, 4.69) is 11.3 Å². The molecule has 0 fully saturated rings. The summed E-state index contributed by atoms with van der Waals surface area (Å²) >= 11 is 0. The number of hydrogen-bond acceptors (Lipinski definition) is 3. The second-order valence-electron chi connectivity index (χ2n) is 1.69. The third kappa shape index (κ3) is 2.70. The second kappa shape index (κ2) is 4.32. The Morgan fingerprint density at radius 3 is 2.73 bits per heavy atom. The number of carbonyl (C=O) groups is 1. The summed E-state index contributed by atoms with van der Waals surface area (Å²) in [6.07, 6.45) is 0.151. The normalized spacial score (nSPS) is 8.45. The number of nitrogens with zero attached hydrogens (tertiary/aromatic N) is 1. The van der Waals surface area contributed by atoms with Gasteiger partial charge in [0.25, 0.3) is 6.02 Å². The molecule has 1 amide bonds. The van der Waals surface area contributed by atoms with Gasteiger partial charge in [-0.3, -0.25) is 5.41 Å². The minimum Gasteiger partial charge on any atom is -0.468 e. The third-order valence-corrected chi connectivity index (χ3v) is 0.981. The van der Waals surface area contributed by atoms with E-state index in [1.54, 1.807) is 0 Å². The SMILES string of the molecule is C=CCN(C(=N)OC)C(=O)O. The van der Waals surface area contributed by atoms with Gasteiger partial charge in [0, 0.05) is 0 Å². The summed E-state index contributed by atoms with van der Waals surface area (Å²) in [4.78, 5) is 11.1. The van der Waals surface area contributed by atoms with Gasteiger partial charge in [-0.2, -0.15) is 0 Å².